The second kappa shape index (κ2) is 8.67. The summed E-state index contributed by atoms with van der Waals surface area (Å²) in [6.07, 6.45) is 5.17. The Balaban J connectivity index is 2.06. The highest BCUT2D eigenvalue weighted by atomic mass is 16.2. The standard InChI is InChI=1S/C18H22N4O2/c1-3-4-8-20-18(24)14-9-17(12-19-11-14)22-16-7-5-6-15(10-16)21-13(2)23/h5-7,9-12,22H,3-4,8H2,1-2H3,(H,20,24)(H,21,23). The van der Waals surface area contributed by atoms with E-state index in [4.69, 9.17) is 0 Å². The van der Waals surface area contributed by atoms with Gasteiger partial charge in [-0.2, -0.15) is 0 Å². The van der Waals surface area contributed by atoms with Gasteiger partial charge in [-0.3, -0.25) is 14.6 Å². The molecule has 1 heterocycles. The average molecular weight is 326 g/mol. The topological polar surface area (TPSA) is 83.1 Å². The number of hydrogen-bond donors (Lipinski definition) is 3. The number of carbonyl (C=O) groups is 2. The lowest BCUT2D eigenvalue weighted by molar-refractivity contribution is -0.114. The molecule has 2 rings (SSSR count). The van der Waals surface area contributed by atoms with Crippen LogP contribution in [0.5, 0.6) is 0 Å². The molecule has 0 saturated carbocycles. The lowest BCUT2D eigenvalue weighted by atomic mass is 10.2. The zero-order valence-corrected chi connectivity index (χ0v) is 13.9. The maximum atomic E-state index is 12.1. The fraction of sp³-hybridized carbons (Fsp3) is 0.278. The minimum absolute atomic E-state index is 0.125. The Hall–Kier alpha value is -2.89. The predicted octanol–water partition coefficient (Wildman–Crippen LogP) is 3.31. The summed E-state index contributed by atoms with van der Waals surface area (Å²) in [5.74, 6) is -0.258. The molecule has 3 N–H and O–H groups in total. The van der Waals surface area contributed by atoms with Gasteiger partial charge in [-0.25, -0.2) is 0 Å². The number of carbonyl (C=O) groups excluding carboxylic acids is 2. The lowest BCUT2D eigenvalue weighted by Gasteiger charge is -2.10. The van der Waals surface area contributed by atoms with E-state index in [0.717, 1.165) is 18.5 Å². The number of pyridine rings is 1. The second-order valence-electron chi connectivity index (χ2n) is 5.46. The summed E-state index contributed by atoms with van der Waals surface area (Å²) in [5, 5.41) is 8.78. The van der Waals surface area contributed by atoms with Crippen LogP contribution >= 0.6 is 0 Å². The van der Waals surface area contributed by atoms with E-state index in [0.29, 0.717) is 23.5 Å². The van der Waals surface area contributed by atoms with Crippen LogP contribution in [-0.2, 0) is 4.79 Å². The summed E-state index contributed by atoms with van der Waals surface area (Å²) in [4.78, 5) is 27.3. The molecular weight excluding hydrogens is 304 g/mol. The average Bonchev–Trinajstić information content (AvgIpc) is 2.55. The Labute approximate surface area is 141 Å². The van der Waals surface area contributed by atoms with Crippen LogP contribution in [0.25, 0.3) is 0 Å². The molecule has 0 saturated heterocycles. The van der Waals surface area contributed by atoms with Crippen LogP contribution in [0.3, 0.4) is 0 Å². The maximum Gasteiger partial charge on any atom is 0.252 e. The molecular formula is C18H22N4O2. The highest BCUT2D eigenvalue weighted by Gasteiger charge is 2.07. The van der Waals surface area contributed by atoms with Crippen molar-refractivity contribution in [3.8, 4) is 0 Å². The molecule has 0 aliphatic heterocycles. The molecule has 0 radical (unpaired) electrons. The number of nitrogens with zero attached hydrogens (tertiary/aromatic N) is 1. The van der Waals surface area contributed by atoms with Crippen molar-refractivity contribution in [3.63, 3.8) is 0 Å². The van der Waals surface area contributed by atoms with Gasteiger partial charge in [0.25, 0.3) is 5.91 Å². The molecule has 0 atom stereocenters. The van der Waals surface area contributed by atoms with Crippen molar-refractivity contribution in [2.24, 2.45) is 0 Å². The number of nitrogens with one attached hydrogen (secondary N) is 3. The summed E-state index contributed by atoms with van der Waals surface area (Å²) < 4.78 is 0. The van der Waals surface area contributed by atoms with Gasteiger partial charge in [-0.15, -0.1) is 0 Å². The number of unbranched alkanes of at least 4 members (excludes halogenated alkanes) is 1. The Morgan fingerprint density at radius 2 is 1.88 bits per heavy atom. The first-order chi connectivity index (χ1) is 11.6. The van der Waals surface area contributed by atoms with Crippen molar-refractivity contribution < 1.29 is 9.59 Å². The number of aromatic nitrogens is 1. The Morgan fingerprint density at radius 1 is 1.08 bits per heavy atom. The Morgan fingerprint density at radius 3 is 2.62 bits per heavy atom. The molecule has 126 valence electrons. The van der Waals surface area contributed by atoms with Crippen LogP contribution in [0.2, 0.25) is 0 Å². The second-order valence-corrected chi connectivity index (χ2v) is 5.46. The van der Waals surface area contributed by atoms with E-state index in [1.807, 2.05) is 24.3 Å². The number of benzene rings is 1. The van der Waals surface area contributed by atoms with Gasteiger partial charge in [0.1, 0.15) is 0 Å². The van der Waals surface area contributed by atoms with Crippen molar-refractivity contribution in [1.82, 2.24) is 10.3 Å². The number of anilines is 3. The molecule has 0 unspecified atom stereocenters. The van der Waals surface area contributed by atoms with E-state index >= 15 is 0 Å². The van der Waals surface area contributed by atoms with Gasteiger partial charge >= 0.3 is 0 Å². The highest BCUT2D eigenvalue weighted by molar-refractivity contribution is 5.95. The molecule has 0 spiro atoms. The summed E-state index contributed by atoms with van der Waals surface area (Å²) >= 11 is 0. The first-order valence-corrected chi connectivity index (χ1v) is 7.96. The Bertz CT molecular complexity index is 716. The third-order valence-corrected chi connectivity index (χ3v) is 3.29. The summed E-state index contributed by atoms with van der Waals surface area (Å²) in [5.41, 5.74) is 2.72. The van der Waals surface area contributed by atoms with Gasteiger partial charge in [0.2, 0.25) is 5.91 Å². The van der Waals surface area contributed by atoms with Crippen LogP contribution < -0.4 is 16.0 Å². The molecule has 0 bridgehead atoms. The monoisotopic (exact) mass is 326 g/mol. The van der Waals surface area contributed by atoms with Gasteiger partial charge in [0.05, 0.1) is 17.4 Å². The normalized spacial score (nSPS) is 10.1. The smallest absolute Gasteiger partial charge is 0.252 e. The van der Waals surface area contributed by atoms with E-state index < -0.39 is 0 Å². The van der Waals surface area contributed by atoms with Crippen molar-refractivity contribution in [3.05, 3.63) is 48.3 Å². The molecule has 1 aromatic heterocycles. The fourth-order valence-electron chi connectivity index (χ4n) is 2.16. The van der Waals surface area contributed by atoms with Gasteiger partial charge in [0.15, 0.2) is 0 Å². The van der Waals surface area contributed by atoms with Crippen LogP contribution in [0.15, 0.2) is 42.7 Å². The van der Waals surface area contributed by atoms with E-state index in [1.165, 1.54) is 6.92 Å². The van der Waals surface area contributed by atoms with Crippen molar-refractivity contribution in [1.29, 1.82) is 0 Å². The molecule has 1 aromatic carbocycles. The van der Waals surface area contributed by atoms with Gasteiger partial charge in [-0.05, 0) is 30.7 Å². The number of amides is 2. The minimum Gasteiger partial charge on any atom is -0.354 e. The molecule has 24 heavy (non-hydrogen) atoms. The van der Waals surface area contributed by atoms with Gasteiger partial charge in [-0.1, -0.05) is 19.4 Å². The van der Waals surface area contributed by atoms with Crippen molar-refractivity contribution in [2.75, 3.05) is 17.2 Å². The molecule has 2 aromatic rings. The molecule has 2 amide bonds. The predicted molar refractivity (Wildman–Crippen MR) is 95.5 cm³/mol. The fourth-order valence-corrected chi connectivity index (χ4v) is 2.16. The molecule has 6 heteroatoms. The van der Waals surface area contributed by atoms with Gasteiger partial charge in [0, 0.05) is 31.0 Å². The van der Waals surface area contributed by atoms with Crippen molar-refractivity contribution in [2.45, 2.75) is 26.7 Å². The van der Waals surface area contributed by atoms with E-state index in [2.05, 4.69) is 27.9 Å². The summed E-state index contributed by atoms with van der Waals surface area (Å²) in [6, 6.07) is 9.08. The first-order valence-electron chi connectivity index (χ1n) is 7.96. The van der Waals surface area contributed by atoms with Crippen LogP contribution in [-0.4, -0.2) is 23.3 Å². The van der Waals surface area contributed by atoms with Crippen LogP contribution in [0.1, 0.15) is 37.0 Å². The summed E-state index contributed by atoms with van der Waals surface area (Å²) in [7, 11) is 0. The summed E-state index contributed by atoms with van der Waals surface area (Å²) in [6.45, 7) is 4.20. The van der Waals surface area contributed by atoms with E-state index in [1.54, 1.807) is 18.5 Å². The third kappa shape index (κ3) is 5.39. The SMILES string of the molecule is CCCCNC(=O)c1cncc(Nc2cccc(NC(C)=O)c2)c1. The zero-order valence-electron chi connectivity index (χ0n) is 13.9. The van der Waals surface area contributed by atoms with Gasteiger partial charge < -0.3 is 16.0 Å². The Kier molecular flexibility index (Phi) is 6.31. The maximum absolute atomic E-state index is 12.1. The largest absolute Gasteiger partial charge is 0.354 e. The third-order valence-electron chi connectivity index (χ3n) is 3.29. The zero-order chi connectivity index (χ0) is 17.4. The first kappa shape index (κ1) is 17.5. The molecule has 0 aliphatic carbocycles. The number of hydrogen-bond acceptors (Lipinski definition) is 4. The molecule has 0 fully saturated rings. The van der Waals surface area contributed by atoms with E-state index in [9.17, 15) is 9.59 Å². The highest BCUT2D eigenvalue weighted by Crippen LogP contribution is 2.20. The number of rotatable bonds is 7. The van der Waals surface area contributed by atoms with Crippen molar-refractivity contribution >= 4 is 28.9 Å². The van der Waals surface area contributed by atoms with Crippen LogP contribution in [0, 0.1) is 0 Å². The quantitative estimate of drug-likeness (QED) is 0.682. The minimum atomic E-state index is -0.133. The molecule has 0 aliphatic rings. The molecule has 6 nitrogen and oxygen atoms in total. The lowest BCUT2D eigenvalue weighted by Crippen LogP contribution is -2.24. The van der Waals surface area contributed by atoms with E-state index in [-0.39, 0.29) is 11.8 Å². The van der Waals surface area contributed by atoms with Crippen LogP contribution in [0.4, 0.5) is 17.1 Å².